The fourth-order valence-electron chi connectivity index (χ4n) is 5.27. The van der Waals surface area contributed by atoms with Gasteiger partial charge in [-0.2, -0.15) is 0 Å². The van der Waals surface area contributed by atoms with Crippen LogP contribution in [-0.2, 0) is 30.0 Å². The van der Waals surface area contributed by atoms with Crippen molar-refractivity contribution >= 4 is 25.3 Å². The number of benzene rings is 3. The summed E-state index contributed by atoms with van der Waals surface area (Å²) in [7, 11) is 0.704. The number of ether oxygens (including phenoxy) is 2. The van der Waals surface area contributed by atoms with Gasteiger partial charge < -0.3 is 24.1 Å². The van der Waals surface area contributed by atoms with Gasteiger partial charge in [0.15, 0.2) is 0 Å². The number of esters is 1. The quantitative estimate of drug-likeness (QED) is 0.274. The molecule has 0 aromatic heterocycles. The highest BCUT2D eigenvalue weighted by molar-refractivity contribution is 6.56. The molecule has 3 aromatic rings. The summed E-state index contributed by atoms with van der Waals surface area (Å²) in [5, 5.41) is 2.90. The third-order valence-corrected chi connectivity index (χ3v) is 8.22. The Hall–Kier alpha value is -3.88. The lowest BCUT2D eigenvalue weighted by Gasteiger charge is -2.32. The molecule has 1 saturated heterocycles. The molecular weight excluding hydrogens is 517 g/mol. The van der Waals surface area contributed by atoms with Crippen LogP contribution in [0, 0.1) is 0 Å². The van der Waals surface area contributed by atoms with Gasteiger partial charge in [0.05, 0.1) is 24.7 Å². The standard InChI is InChI=1S/C33H36BNO6/c1-32(2)33(3,4)41-34(40-32)24(18-22-11-10-12-23(17-22)19-30(36)38-5)20-35-31(37)39-21-29-27-15-8-6-13-25(27)26-14-7-9-16-28(26)29/h6-18,29H,19-21H2,1-5H3,(H,35,37). The van der Waals surface area contributed by atoms with Crippen LogP contribution < -0.4 is 5.32 Å². The predicted molar refractivity (Wildman–Crippen MR) is 159 cm³/mol. The van der Waals surface area contributed by atoms with Gasteiger partial charge in [0.2, 0.25) is 0 Å². The largest absolute Gasteiger partial charge is 0.492 e. The molecule has 1 fully saturated rings. The zero-order valence-corrected chi connectivity index (χ0v) is 24.2. The van der Waals surface area contributed by atoms with Crippen LogP contribution in [0.3, 0.4) is 0 Å². The fourth-order valence-corrected chi connectivity index (χ4v) is 5.27. The first-order chi connectivity index (χ1) is 19.6. The predicted octanol–water partition coefficient (Wildman–Crippen LogP) is 5.96. The molecule has 7 nitrogen and oxygen atoms in total. The number of hydrogen-bond acceptors (Lipinski definition) is 6. The van der Waals surface area contributed by atoms with E-state index in [0.717, 1.165) is 27.7 Å². The highest BCUT2D eigenvalue weighted by atomic mass is 16.7. The van der Waals surface area contributed by atoms with E-state index in [-0.39, 0.29) is 31.5 Å². The molecule has 1 amide bonds. The zero-order chi connectivity index (χ0) is 29.2. The van der Waals surface area contributed by atoms with E-state index < -0.39 is 24.4 Å². The first kappa shape index (κ1) is 28.6. The average molecular weight is 553 g/mol. The van der Waals surface area contributed by atoms with Crippen LogP contribution in [0.2, 0.25) is 0 Å². The number of amides is 1. The van der Waals surface area contributed by atoms with Crippen molar-refractivity contribution in [2.24, 2.45) is 0 Å². The van der Waals surface area contributed by atoms with E-state index in [4.69, 9.17) is 18.8 Å². The molecule has 1 N–H and O–H groups in total. The van der Waals surface area contributed by atoms with Gasteiger partial charge in [-0.05, 0) is 66.5 Å². The second kappa shape index (κ2) is 11.5. The summed E-state index contributed by atoms with van der Waals surface area (Å²) in [6.07, 6.45) is 1.57. The Morgan fingerprint density at radius 1 is 0.902 bits per heavy atom. The molecule has 5 rings (SSSR count). The molecule has 0 saturated carbocycles. The van der Waals surface area contributed by atoms with Crippen LogP contribution in [0.25, 0.3) is 17.2 Å². The Balaban J connectivity index is 1.31. The van der Waals surface area contributed by atoms with Crippen molar-refractivity contribution in [3.8, 4) is 11.1 Å². The molecule has 0 unspecified atom stereocenters. The summed E-state index contributed by atoms with van der Waals surface area (Å²) >= 11 is 0. The lowest BCUT2D eigenvalue weighted by atomic mass is 9.77. The van der Waals surface area contributed by atoms with Crippen molar-refractivity contribution in [3.63, 3.8) is 0 Å². The van der Waals surface area contributed by atoms with Crippen molar-refractivity contribution < 1.29 is 28.4 Å². The fraction of sp³-hybridized carbons (Fsp3) is 0.333. The highest BCUT2D eigenvalue weighted by Crippen LogP contribution is 2.44. The molecule has 41 heavy (non-hydrogen) atoms. The molecule has 1 heterocycles. The van der Waals surface area contributed by atoms with Gasteiger partial charge in [-0.25, -0.2) is 4.79 Å². The Labute approximate surface area is 242 Å². The first-order valence-electron chi connectivity index (χ1n) is 13.9. The van der Waals surface area contributed by atoms with E-state index in [2.05, 4.69) is 29.6 Å². The van der Waals surface area contributed by atoms with E-state index >= 15 is 0 Å². The molecule has 0 atom stereocenters. The van der Waals surface area contributed by atoms with Crippen molar-refractivity contribution in [2.75, 3.05) is 20.3 Å². The van der Waals surface area contributed by atoms with E-state index in [0.29, 0.717) is 0 Å². The zero-order valence-electron chi connectivity index (χ0n) is 24.2. The van der Waals surface area contributed by atoms with Crippen LogP contribution in [0.4, 0.5) is 4.79 Å². The van der Waals surface area contributed by atoms with Crippen molar-refractivity contribution in [1.29, 1.82) is 0 Å². The minimum atomic E-state index is -0.668. The van der Waals surface area contributed by atoms with Gasteiger partial charge in [-0.1, -0.05) is 78.9 Å². The topological polar surface area (TPSA) is 83.1 Å². The van der Waals surface area contributed by atoms with Crippen LogP contribution >= 0.6 is 0 Å². The molecule has 0 radical (unpaired) electrons. The molecule has 2 aliphatic rings. The Bertz CT molecular complexity index is 1420. The lowest BCUT2D eigenvalue weighted by Crippen LogP contribution is -2.41. The van der Waals surface area contributed by atoms with Gasteiger partial charge in [0.1, 0.15) is 6.61 Å². The summed E-state index contributed by atoms with van der Waals surface area (Å²) in [6.45, 7) is 8.34. The Morgan fingerprint density at radius 2 is 1.51 bits per heavy atom. The van der Waals surface area contributed by atoms with Gasteiger partial charge >= 0.3 is 19.2 Å². The van der Waals surface area contributed by atoms with Crippen LogP contribution in [0.15, 0.2) is 78.3 Å². The minimum Gasteiger partial charge on any atom is -0.469 e. The van der Waals surface area contributed by atoms with Gasteiger partial charge in [0.25, 0.3) is 0 Å². The normalized spacial score (nSPS) is 17.1. The smallest absolute Gasteiger partial charge is 0.469 e. The monoisotopic (exact) mass is 553 g/mol. The molecule has 1 aliphatic carbocycles. The molecule has 1 aliphatic heterocycles. The summed E-state index contributed by atoms with van der Waals surface area (Å²) < 4.78 is 23.2. The maximum absolute atomic E-state index is 13.0. The van der Waals surface area contributed by atoms with E-state index in [1.807, 2.05) is 82.3 Å². The summed E-state index contributed by atoms with van der Waals surface area (Å²) in [5.41, 5.74) is 5.98. The molecule has 0 bridgehead atoms. The number of hydrogen-bond donors (Lipinski definition) is 1. The molecule has 8 heteroatoms. The number of carbonyl (C=O) groups excluding carboxylic acids is 2. The molecule has 212 valence electrons. The summed E-state index contributed by atoms with van der Waals surface area (Å²) in [5.74, 6) is -0.335. The summed E-state index contributed by atoms with van der Waals surface area (Å²) in [4.78, 5) is 24.8. The Kier molecular flexibility index (Phi) is 8.07. The SMILES string of the molecule is COC(=O)Cc1cccc(C=C(CNC(=O)OCC2c3ccccc3-c3ccccc32)B2OC(C)(C)C(C)(C)O2)c1. The third kappa shape index (κ3) is 6.09. The number of nitrogens with one attached hydrogen (secondary N) is 1. The molecule has 3 aromatic carbocycles. The van der Waals surface area contributed by atoms with Crippen LogP contribution in [-0.4, -0.2) is 50.6 Å². The number of methoxy groups -OCH3 is 1. The highest BCUT2D eigenvalue weighted by Gasteiger charge is 2.52. The number of carbonyl (C=O) groups is 2. The van der Waals surface area contributed by atoms with Gasteiger partial charge in [-0.3, -0.25) is 4.79 Å². The second-order valence-electron chi connectivity index (χ2n) is 11.5. The average Bonchev–Trinajstić information content (AvgIpc) is 3.38. The van der Waals surface area contributed by atoms with E-state index in [9.17, 15) is 9.59 Å². The van der Waals surface area contributed by atoms with E-state index in [1.165, 1.54) is 18.2 Å². The molecular formula is C33H36BNO6. The third-order valence-electron chi connectivity index (χ3n) is 8.22. The van der Waals surface area contributed by atoms with Crippen LogP contribution in [0.5, 0.6) is 0 Å². The number of fused-ring (bicyclic) bond motifs is 3. The van der Waals surface area contributed by atoms with Crippen molar-refractivity contribution in [3.05, 3.63) is 101 Å². The Morgan fingerprint density at radius 3 is 2.12 bits per heavy atom. The van der Waals surface area contributed by atoms with Gasteiger partial charge in [0, 0.05) is 12.5 Å². The van der Waals surface area contributed by atoms with E-state index in [1.54, 1.807) is 0 Å². The minimum absolute atomic E-state index is 0.0242. The first-order valence-corrected chi connectivity index (χ1v) is 13.9. The lowest BCUT2D eigenvalue weighted by molar-refractivity contribution is -0.139. The van der Waals surface area contributed by atoms with Crippen LogP contribution in [0.1, 0.15) is 55.9 Å². The van der Waals surface area contributed by atoms with Gasteiger partial charge in [-0.15, -0.1) is 0 Å². The van der Waals surface area contributed by atoms with Crippen molar-refractivity contribution in [1.82, 2.24) is 5.32 Å². The maximum Gasteiger partial charge on any atom is 0.492 e. The number of rotatable bonds is 8. The molecule has 0 spiro atoms. The maximum atomic E-state index is 13.0. The number of alkyl carbamates (subject to hydrolysis) is 1. The van der Waals surface area contributed by atoms with Crippen molar-refractivity contribution in [2.45, 2.75) is 51.2 Å². The second-order valence-corrected chi connectivity index (χ2v) is 11.5. The summed E-state index contributed by atoms with van der Waals surface area (Å²) in [6, 6.07) is 24.1.